The number of nitrogens with one attached hydrogen (secondary N) is 2. The number of amides is 2. The predicted octanol–water partition coefficient (Wildman–Crippen LogP) is 4.64. The summed E-state index contributed by atoms with van der Waals surface area (Å²) >= 11 is 0. The highest BCUT2D eigenvalue weighted by Gasteiger charge is 2.43. The van der Waals surface area contributed by atoms with E-state index in [-0.39, 0.29) is 22.7 Å². The Morgan fingerprint density at radius 1 is 1.00 bits per heavy atom. The van der Waals surface area contributed by atoms with Crippen molar-refractivity contribution in [2.45, 2.75) is 56.0 Å². The number of carbonyl (C=O) groups excluding carboxylic acids is 1. The van der Waals surface area contributed by atoms with Gasteiger partial charge in [0.2, 0.25) is 10.0 Å². The fourth-order valence-electron chi connectivity index (χ4n) is 4.44. The van der Waals surface area contributed by atoms with Crippen molar-refractivity contribution in [3.63, 3.8) is 0 Å². The predicted molar refractivity (Wildman–Crippen MR) is 127 cm³/mol. The van der Waals surface area contributed by atoms with E-state index in [2.05, 4.69) is 22.5 Å². The summed E-state index contributed by atoms with van der Waals surface area (Å²) in [6, 6.07) is 8.13. The van der Waals surface area contributed by atoms with Gasteiger partial charge in [0.1, 0.15) is 11.6 Å². The van der Waals surface area contributed by atoms with Gasteiger partial charge < -0.3 is 15.5 Å². The molecular weight excluding hydrogens is 462 g/mol. The number of hydrogen-bond donors (Lipinski definition) is 2. The highest BCUT2D eigenvalue weighted by Crippen LogP contribution is 2.37. The van der Waals surface area contributed by atoms with Gasteiger partial charge in [0.25, 0.3) is 0 Å². The first-order valence-electron chi connectivity index (χ1n) is 11.7. The Morgan fingerprint density at radius 3 is 2.24 bits per heavy atom. The number of carbonyl (C=O) groups is 1. The van der Waals surface area contributed by atoms with E-state index in [1.807, 2.05) is 0 Å². The van der Waals surface area contributed by atoms with Crippen LogP contribution >= 0.6 is 0 Å². The first-order valence-corrected chi connectivity index (χ1v) is 13.1. The van der Waals surface area contributed by atoms with Crippen LogP contribution < -0.4 is 10.6 Å². The third-order valence-electron chi connectivity index (χ3n) is 6.23. The molecule has 0 aromatic heterocycles. The van der Waals surface area contributed by atoms with Crippen LogP contribution in [0.3, 0.4) is 0 Å². The molecule has 2 aromatic carbocycles. The van der Waals surface area contributed by atoms with E-state index in [1.54, 1.807) is 4.31 Å². The second-order valence-electron chi connectivity index (χ2n) is 8.87. The van der Waals surface area contributed by atoms with Crippen molar-refractivity contribution in [3.8, 4) is 0 Å². The van der Waals surface area contributed by atoms with Gasteiger partial charge >= 0.3 is 6.03 Å². The van der Waals surface area contributed by atoms with Gasteiger partial charge in [-0.05, 0) is 88.1 Å². The SMILES string of the molecule is CCCN1CCC(N(C2CC2)S(=O)(=O)c2ccc(NC(=O)Nc3ccc(F)cc3F)cc2)CC1. The largest absolute Gasteiger partial charge is 0.323 e. The number of halogens is 2. The van der Waals surface area contributed by atoms with Gasteiger partial charge in [-0.2, -0.15) is 4.31 Å². The maximum atomic E-state index is 13.7. The van der Waals surface area contributed by atoms with Crippen LogP contribution in [0.2, 0.25) is 0 Å². The summed E-state index contributed by atoms with van der Waals surface area (Å²) in [6.45, 7) is 5.00. The average molecular weight is 493 g/mol. The van der Waals surface area contributed by atoms with Gasteiger partial charge in [-0.1, -0.05) is 6.92 Å². The lowest BCUT2D eigenvalue weighted by Gasteiger charge is -2.38. The van der Waals surface area contributed by atoms with Crippen LogP contribution in [0.15, 0.2) is 47.4 Å². The van der Waals surface area contributed by atoms with Gasteiger partial charge in [-0.25, -0.2) is 22.0 Å². The van der Waals surface area contributed by atoms with Crippen molar-refractivity contribution in [2.75, 3.05) is 30.3 Å². The Balaban J connectivity index is 1.42. The molecule has 2 fully saturated rings. The third-order valence-corrected chi connectivity index (χ3v) is 8.25. The minimum atomic E-state index is -3.67. The molecule has 1 saturated carbocycles. The molecule has 2 amide bonds. The van der Waals surface area contributed by atoms with Crippen LogP contribution in [-0.2, 0) is 10.0 Å². The Hall–Kier alpha value is -2.56. The number of likely N-dealkylation sites (tertiary alicyclic amines) is 1. The molecule has 2 aromatic rings. The molecule has 1 aliphatic heterocycles. The van der Waals surface area contributed by atoms with E-state index < -0.39 is 27.7 Å². The maximum Gasteiger partial charge on any atom is 0.323 e. The summed E-state index contributed by atoms with van der Waals surface area (Å²) in [5.74, 6) is -1.63. The first-order chi connectivity index (χ1) is 16.3. The highest BCUT2D eigenvalue weighted by atomic mass is 32.2. The Bertz CT molecular complexity index is 1120. The quantitative estimate of drug-likeness (QED) is 0.563. The minimum Gasteiger partial charge on any atom is -0.308 e. The molecule has 0 spiro atoms. The van der Waals surface area contributed by atoms with Gasteiger partial charge in [-0.15, -0.1) is 0 Å². The molecule has 184 valence electrons. The zero-order chi connectivity index (χ0) is 24.3. The summed E-state index contributed by atoms with van der Waals surface area (Å²) in [4.78, 5) is 14.7. The molecule has 4 rings (SSSR count). The molecule has 1 heterocycles. The molecule has 34 heavy (non-hydrogen) atoms. The van der Waals surface area contributed by atoms with Gasteiger partial charge in [-0.3, -0.25) is 0 Å². The minimum absolute atomic E-state index is 0.000193. The van der Waals surface area contributed by atoms with Crippen LogP contribution in [0.1, 0.15) is 39.0 Å². The zero-order valence-corrected chi connectivity index (χ0v) is 20.0. The van der Waals surface area contributed by atoms with Crippen LogP contribution in [0.25, 0.3) is 0 Å². The lowest BCUT2D eigenvalue weighted by Crippen LogP contribution is -2.48. The molecule has 10 heteroatoms. The van der Waals surface area contributed by atoms with Crippen LogP contribution in [-0.4, -0.2) is 55.4 Å². The van der Waals surface area contributed by atoms with Crippen LogP contribution in [0.5, 0.6) is 0 Å². The highest BCUT2D eigenvalue weighted by molar-refractivity contribution is 7.89. The number of rotatable bonds is 8. The number of sulfonamides is 1. The summed E-state index contributed by atoms with van der Waals surface area (Å²) < 4.78 is 55.5. The lowest BCUT2D eigenvalue weighted by molar-refractivity contribution is 0.156. The standard InChI is InChI=1S/C24H30F2N4O3S/c1-2-13-29-14-11-20(12-15-29)30(19-6-7-19)34(32,33)21-8-4-18(5-9-21)27-24(31)28-23-10-3-17(25)16-22(23)26/h3-5,8-10,16,19-20H,2,6-7,11-15H2,1H3,(H2,27,28,31). The summed E-state index contributed by atoms with van der Waals surface area (Å²) in [5.41, 5.74) is 0.188. The molecule has 1 saturated heterocycles. The number of anilines is 2. The second kappa shape index (κ2) is 10.4. The van der Waals surface area contributed by atoms with Crippen molar-refractivity contribution in [1.29, 1.82) is 0 Å². The monoisotopic (exact) mass is 492 g/mol. The van der Waals surface area contributed by atoms with E-state index >= 15 is 0 Å². The fourth-order valence-corrected chi connectivity index (χ4v) is 6.37. The molecule has 0 atom stereocenters. The summed E-state index contributed by atoms with van der Waals surface area (Å²) in [6.07, 6.45) is 4.51. The number of piperidine rings is 1. The first kappa shape index (κ1) is 24.6. The Kier molecular flexibility index (Phi) is 7.49. The molecular formula is C24H30F2N4O3S. The van der Waals surface area contributed by atoms with Crippen molar-refractivity contribution in [2.24, 2.45) is 0 Å². The Morgan fingerprint density at radius 2 is 1.65 bits per heavy atom. The maximum absolute atomic E-state index is 13.7. The average Bonchev–Trinajstić information content (AvgIpc) is 3.62. The Labute approximate surface area is 199 Å². The van der Waals surface area contributed by atoms with E-state index in [0.717, 1.165) is 63.9 Å². The summed E-state index contributed by atoms with van der Waals surface area (Å²) in [5, 5.41) is 4.84. The topological polar surface area (TPSA) is 81.8 Å². The second-order valence-corrected chi connectivity index (χ2v) is 10.7. The zero-order valence-electron chi connectivity index (χ0n) is 19.1. The molecule has 0 radical (unpaired) electrons. The number of urea groups is 1. The van der Waals surface area contributed by atoms with Crippen molar-refractivity contribution in [1.82, 2.24) is 9.21 Å². The van der Waals surface area contributed by atoms with E-state index in [0.29, 0.717) is 11.8 Å². The van der Waals surface area contributed by atoms with Crippen LogP contribution in [0.4, 0.5) is 25.0 Å². The van der Waals surface area contributed by atoms with Gasteiger partial charge in [0, 0.05) is 23.8 Å². The molecule has 2 aliphatic rings. The van der Waals surface area contributed by atoms with Crippen molar-refractivity contribution in [3.05, 3.63) is 54.1 Å². The number of nitrogens with zero attached hydrogens (tertiary/aromatic N) is 2. The third kappa shape index (κ3) is 5.73. The molecule has 2 N–H and O–H groups in total. The van der Waals surface area contributed by atoms with E-state index in [4.69, 9.17) is 0 Å². The number of benzene rings is 2. The molecule has 7 nitrogen and oxygen atoms in total. The van der Waals surface area contributed by atoms with Crippen molar-refractivity contribution >= 4 is 27.4 Å². The van der Waals surface area contributed by atoms with Gasteiger partial charge in [0.15, 0.2) is 0 Å². The van der Waals surface area contributed by atoms with E-state index in [9.17, 15) is 22.0 Å². The summed E-state index contributed by atoms with van der Waals surface area (Å²) in [7, 11) is -3.67. The number of hydrogen-bond acceptors (Lipinski definition) is 4. The van der Waals surface area contributed by atoms with Crippen LogP contribution in [0, 0.1) is 11.6 Å². The molecule has 0 unspecified atom stereocenters. The van der Waals surface area contributed by atoms with Crippen molar-refractivity contribution < 1.29 is 22.0 Å². The fraction of sp³-hybridized carbons (Fsp3) is 0.458. The smallest absolute Gasteiger partial charge is 0.308 e. The lowest BCUT2D eigenvalue weighted by atomic mass is 10.0. The normalized spacial score (nSPS) is 17.6. The molecule has 1 aliphatic carbocycles. The van der Waals surface area contributed by atoms with Gasteiger partial charge in [0.05, 0.1) is 10.6 Å². The molecule has 0 bridgehead atoms. The van der Waals surface area contributed by atoms with E-state index in [1.165, 1.54) is 24.3 Å².